The third kappa shape index (κ3) is 6.54. The highest BCUT2D eigenvalue weighted by Crippen LogP contribution is 2.10. The Morgan fingerprint density at radius 2 is 2.05 bits per heavy atom. The number of phenolic OH excluding ortho intramolecular Hbond substituents is 1. The van der Waals surface area contributed by atoms with E-state index in [9.17, 15) is 9.90 Å². The molecule has 112 valence electrons. The molecule has 1 amide bonds. The largest absolute Gasteiger partial charge is 0.508 e. The predicted octanol–water partition coefficient (Wildman–Crippen LogP) is 1.19. The number of phenols is 1. The first-order valence-corrected chi connectivity index (χ1v) is 7.02. The van der Waals surface area contributed by atoms with Gasteiger partial charge in [-0.15, -0.1) is 0 Å². The van der Waals surface area contributed by atoms with Gasteiger partial charge in [0.25, 0.3) is 0 Å². The van der Waals surface area contributed by atoms with Gasteiger partial charge in [-0.3, -0.25) is 4.79 Å². The lowest BCUT2D eigenvalue weighted by Crippen LogP contribution is -2.42. The summed E-state index contributed by atoms with van der Waals surface area (Å²) in [6.07, 6.45) is 2.25. The van der Waals surface area contributed by atoms with Crippen LogP contribution in [0, 0.1) is 0 Å². The zero-order valence-corrected chi connectivity index (χ0v) is 12.0. The van der Waals surface area contributed by atoms with Gasteiger partial charge in [-0.25, -0.2) is 0 Å². The quantitative estimate of drug-likeness (QED) is 0.593. The van der Waals surface area contributed by atoms with Gasteiger partial charge in [0, 0.05) is 19.8 Å². The number of amides is 1. The fourth-order valence-corrected chi connectivity index (χ4v) is 1.74. The van der Waals surface area contributed by atoms with Crippen LogP contribution in [0.5, 0.6) is 5.75 Å². The van der Waals surface area contributed by atoms with E-state index in [1.165, 1.54) is 0 Å². The predicted molar refractivity (Wildman–Crippen MR) is 78.5 cm³/mol. The van der Waals surface area contributed by atoms with Gasteiger partial charge < -0.3 is 20.9 Å². The molecule has 0 heterocycles. The van der Waals surface area contributed by atoms with E-state index < -0.39 is 6.04 Å². The summed E-state index contributed by atoms with van der Waals surface area (Å²) in [5.41, 5.74) is 6.77. The number of nitrogens with two attached hydrogens (primary N) is 1. The van der Waals surface area contributed by atoms with E-state index in [0.29, 0.717) is 19.6 Å². The average molecular weight is 280 g/mol. The van der Waals surface area contributed by atoms with Crippen molar-refractivity contribution in [3.63, 3.8) is 0 Å². The summed E-state index contributed by atoms with van der Waals surface area (Å²) in [4.78, 5) is 11.8. The fourth-order valence-electron chi connectivity index (χ4n) is 1.74. The zero-order chi connectivity index (χ0) is 14.8. The number of benzene rings is 1. The summed E-state index contributed by atoms with van der Waals surface area (Å²) in [7, 11) is 0. The highest BCUT2D eigenvalue weighted by molar-refractivity contribution is 5.81. The second-order valence-corrected chi connectivity index (χ2v) is 4.73. The van der Waals surface area contributed by atoms with E-state index in [-0.39, 0.29) is 11.7 Å². The number of carbonyl (C=O) groups is 1. The van der Waals surface area contributed by atoms with Crippen molar-refractivity contribution in [1.82, 2.24) is 5.32 Å². The highest BCUT2D eigenvalue weighted by atomic mass is 16.5. The number of hydrogen-bond donors (Lipinski definition) is 3. The van der Waals surface area contributed by atoms with Crippen LogP contribution < -0.4 is 11.1 Å². The molecule has 1 aromatic rings. The van der Waals surface area contributed by atoms with Crippen LogP contribution in [-0.4, -0.2) is 36.8 Å². The monoisotopic (exact) mass is 280 g/mol. The van der Waals surface area contributed by atoms with Gasteiger partial charge in [0.05, 0.1) is 6.04 Å². The summed E-state index contributed by atoms with van der Waals surface area (Å²) in [6.45, 7) is 4.05. The van der Waals surface area contributed by atoms with Gasteiger partial charge in [-0.2, -0.15) is 0 Å². The molecule has 0 aliphatic rings. The third-order valence-electron chi connectivity index (χ3n) is 2.84. The van der Waals surface area contributed by atoms with Gasteiger partial charge in [0.1, 0.15) is 5.75 Å². The van der Waals surface area contributed by atoms with E-state index in [1.54, 1.807) is 24.3 Å². The van der Waals surface area contributed by atoms with Crippen LogP contribution >= 0.6 is 0 Å². The van der Waals surface area contributed by atoms with Crippen LogP contribution in [0.4, 0.5) is 0 Å². The maximum atomic E-state index is 11.8. The summed E-state index contributed by atoms with van der Waals surface area (Å²) in [6, 6.07) is 6.13. The standard InChI is InChI=1S/C15H24N2O3/c1-2-9-20-10-3-8-17-15(19)14(16)11-12-4-6-13(18)7-5-12/h4-7,14,18H,2-3,8-11,16H2,1H3,(H,17,19). The Morgan fingerprint density at radius 3 is 2.70 bits per heavy atom. The molecule has 5 nitrogen and oxygen atoms in total. The molecule has 0 fully saturated rings. The second kappa shape index (κ2) is 9.34. The minimum Gasteiger partial charge on any atom is -0.508 e. The molecule has 0 aliphatic heterocycles. The molecule has 20 heavy (non-hydrogen) atoms. The number of rotatable bonds is 9. The second-order valence-electron chi connectivity index (χ2n) is 4.73. The van der Waals surface area contributed by atoms with Crippen LogP contribution in [0.25, 0.3) is 0 Å². The highest BCUT2D eigenvalue weighted by Gasteiger charge is 2.13. The molecule has 1 atom stereocenters. The Kier molecular flexibility index (Phi) is 7.69. The Balaban J connectivity index is 2.20. The van der Waals surface area contributed by atoms with Crippen molar-refractivity contribution in [2.45, 2.75) is 32.2 Å². The first kappa shape index (κ1) is 16.5. The molecule has 0 aliphatic carbocycles. The van der Waals surface area contributed by atoms with Crippen LogP contribution in [-0.2, 0) is 16.0 Å². The van der Waals surface area contributed by atoms with Gasteiger partial charge in [-0.05, 0) is 37.0 Å². The lowest BCUT2D eigenvalue weighted by Gasteiger charge is -2.12. The van der Waals surface area contributed by atoms with Gasteiger partial charge >= 0.3 is 0 Å². The van der Waals surface area contributed by atoms with Crippen LogP contribution in [0.3, 0.4) is 0 Å². The van der Waals surface area contributed by atoms with Gasteiger partial charge in [0.2, 0.25) is 5.91 Å². The van der Waals surface area contributed by atoms with Crippen LogP contribution in [0.15, 0.2) is 24.3 Å². The number of carbonyl (C=O) groups excluding carboxylic acids is 1. The number of nitrogens with one attached hydrogen (secondary N) is 1. The Morgan fingerprint density at radius 1 is 1.35 bits per heavy atom. The molecule has 0 spiro atoms. The average Bonchev–Trinajstić information content (AvgIpc) is 2.45. The molecule has 0 saturated carbocycles. The molecule has 4 N–H and O–H groups in total. The molecule has 0 radical (unpaired) electrons. The van der Waals surface area contributed by atoms with E-state index >= 15 is 0 Å². The first-order chi connectivity index (χ1) is 9.63. The summed E-state index contributed by atoms with van der Waals surface area (Å²) < 4.78 is 5.33. The normalized spacial score (nSPS) is 12.1. The molecule has 1 unspecified atom stereocenters. The summed E-state index contributed by atoms with van der Waals surface area (Å²) in [5, 5.41) is 12.0. The minimum atomic E-state index is -0.573. The molecule has 1 aromatic carbocycles. The maximum Gasteiger partial charge on any atom is 0.237 e. The Labute approximate surface area is 120 Å². The molecular formula is C15H24N2O3. The number of aromatic hydroxyl groups is 1. The number of hydrogen-bond acceptors (Lipinski definition) is 4. The maximum absolute atomic E-state index is 11.8. The van der Waals surface area contributed by atoms with E-state index in [0.717, 1.165) is 25.0 Å². The number of ether oxygens (including phenoxy) is 1. The summed E-state index contributed by atoms with van der Waals surface area (Å²) >= 11 is 0. The van der Waals surface area contributed by atoms with E-state index in [2.05, 4.69) is 12.2 Å². The van der Waals surface area contributed by atoms with Gasteiger partial charge in [-0.1, -0.05) is 19.1 Å². The Hall–Kier alpha value is -1.59. The smallest absolute Gasteiger partial charge is 0.237 e. The van der Waals surface area contributed by atoms with Crippen molar-refractivity contribution in [3.05, 3.63) is 29.8 Å². The van der Waals surface area contributed by atoms with Crippen molar-refractivity contribution in [2.24, 2.45) is 5.73 Å². The summed E-state index contributed by atoms with van der Waals surface area (Å²) in [5.74, 6) is 0.0485. The molecule has 0 saturated heterocycles. The zero-order valence-electron chi connectivity index (χ0n) is 12.0. The SMILES string of the molecule is CCCOCCCNC(=O)C(N)Cc1ccc(O)cc1. The van der Waals surface area contributed by atoms with Crippen molar-refractivity contribution in [3.8, 4) is 5.75 Å². The molecule has 0 aromatic heterocycles. The topological polar surface area (TPSA) is 84.6 Å². The third-order valence-corrected chi connectivity index (χ3v) is 2.84. The minimum absolute atomic E-state index is 0.159. The molecule has 1 rings (SSSR count). The van der Waals surface area contributed by atoms with Crippen LogP contribution in [0.1, 0.15) is 25.3 Å². The van der Waals surface area contributed by atoms with Crippen LogP contribution in [0.2, 0.25) is 0 Å². The first-order valence-electron chi connectivity index (χ1n) is 7.02. The van der Waals surface area contributed by atoms with Gasteiger partial charge in [0.15, 0.2) is 0 Å². The van der Waals surface area contributed by atoms with Crippen molar-refractivity contribution < 1.29 is 14.6 Å². The lowest BCUT2D eigenvalue weighted by atomic mass is 10.1. The molecule has 5 heteroatoms. The Bertz CT molecular complexity index is 393. The fraction of sp³-hybridized carbons (Fsp3) is 0.533. The van der Waals surface area contributed by atoms with E-state index in [4.69, 9.17) is 10.5 Å². The molecular weight excluding hydrogens is 256 g/mol. The lowest BCUT2D eigenvalue weighted by molar-refractivity contribution is -0.122. The van der Waals surface area contributed by atoms with Crippen molar-refractivity contribution in [2.75, 3.05) is 19.8 Å². The molecule has 0 bridgehead atoms. The van der Waals surface area contributed by atoms with E-state index in [1.807, 2.05) is 0 Å². The van der Waals surface area contributed by atoms with Crippen molar-refractivity contribution in [1.29, 1.82) is 0 Å². The van der Waals surface area contributed by atoms with Crippen molar-refractivity contribution >= 4 is 5.91 Å².